The molecule has 374 valence electrons. The second-order valence-corrected chi connectivity index (χ2v) is 19.0. The summed E-state index contributed by atoms with van der Waals surface area (Å²) in [5.74, 6) is -70.8. The van der Waals surface area contributed by atoms with Crippen molar-refractivity contribution in [1.82, 2.24) is 0 Å². The topological polar surface area (TPSA) is 20.3 Å². The lowest BCUT2D eigenvalue weighted by Gasteiger charge is -2.44. The standard InChI is InChI=1S/C24BF20.C23H26NOS/c26-5-1(6(27)14(35)21(42)13(5)34)25(2-7(28)15(36)22(43)16(37)8(2)29,3-9(30)17(38)23(44)18(39)10(3)31)4-11(32)19(40)24(45)20(41)12(4)33;1-26(2,25)19-22-13-15-23(16-14-22)24(17-20-9-5-3-6-10-20)18-21-11-7-4-8-12-21/h;3-16H,17-19H2,1-2H3/q-1;+1. The molecule has 0 spiro atoms. The van der Waals surface area contributed by atoms with Crippen LogP contribution in [0.3, 0.4) is 0 Å². The van der Waals surface area contributed by atoms with Crippen molar-refractivity contribution in [1.29, 1.82) is 0 Å². The normalized spacial score (nSPS) is 11.7. The molecule has 0 aliphatic carbocycles. The Kier molecular flexibility index (Phi) is 15.4. The predicted octanol–water partition coefficient (Wildman–Crippen LogP) is 11.0. The van der Waals surface area contributed by atoms with E-state index in [4.69, 9.17) is 0 Å². The van der Waals surface area contributed by atoms with Crippen molar-refractivity contribution in [2.75, 3.05) is 17.4 Å². The number of nitrogens with zero attached hydrogens (tertiary/aromatic N) is 1. The number of halogens is 20. The summed E-state index contributed by atoms with van der Waals surface area (Å²) < 4.78 is 306. The fourth-order valence-electron chi connectivity index (χ4n) is 7.92. The highest BCUT2D eigenvalue weighted by Gasteiger charge is 2.52. The van der Waals surface area contributed by atoms with Crippen LogP contribution < -0.4 is 26.8 Å². The van der Waals surface area contributed by atoms with E-state index in [9.17, 15) is 56.9 Å². The molecule has 0 fully saturated rings. The molecule has 7 rings (SSSR count). The molecule has 0 aliphatic heterocycles. The lowest BCUT2D eigenvalue weighted by atomic mass is 9.12. The van der Waals surface area contributed by atoms with Crippen molar-refractivity contribution in [2.24, 2.45) is 0 Å². The van der Waals surface area contributed by atoms with Gasteiger partial charge in [-0.05, 0) is 23.3 Å². The van der Waals surface area contributed by atoms with Gasteiger partial charge in [0, 0.05) is 24.3 Å². The number of hydrogen-bond acceptors (Lipinski definition) is 2. The van der Waals surface area contributed by atoms with Gasteiger partial charge in [0.25, 0.3) is 0 Å². The van der Waals surface area contributed by atoms with E-state index in [0.717, 1.165) is 18.7 Å². The zero-order valence-electron chi connectivity index (χ0n) is 35.6. The molecule has 0 atom stereocenters. The van der Waals surface area contributed by atoms with Crippen LogP contribution in [0.4, 0.5) is 93.5 Å². The molecule has 0 saturated carbocycles. The second kappa shape index (κ2) is 20.5. The molecule has 0 unspecified atom stereocenters. The van der Waals surface area contributed by atoms with Crippen molar-refractivity contribution < 1.29 is 92.0 Å². The first-order valence-electron chi connectivity index (χ1n) is 19.8. The van der Waals surface area contributed by atoms with E-state index in [-0.39, 0.29) is 0 Å². The fourth-order valence-corrected chi connectivity index (χ4v) is 8.92. The maximum atomic E-state index is 15.4. The summed E-state index contributed by atoms with van der Waals surface area (Å²) >= 11 is 0. The maximum Gasteiger partial charge on any atom is 0.200 e. The Morgan fingerprint density at radius 1 is 0.324 bits per heavy atom. The number of anilines is 1. The Balaban J connectivity index is 0.000000268. The molecule has 0 heterocycles. The van der Waals surface area contributed by atoms with Crippen LogP contribution in [0.15, 0.2) is 84.9 Å². The number of benzene rings is 7. The first-order chi connectivity index (χ1) is 33.2. The molecule has 0 saturated heterocycles. The van der Waals surface area contributed by atoms with Gasteiger partial charge in [-0.3, -0.25) is 0 Å². The highest BCUT2D eigenvalue weighted by molar-refractivity contribution is 8.00. The molecule has 71 heavy (non-hydrogen) atoms. The Morgan fingerprint density at radius 2 is 0.549 bits per heavy atom. The Bertz CT molecular complexity index is 2800. The summed E-state index contributed by atoms with van der Waals surface area (Å²) in [7, 11) is -1.77. The van der Waals surface area contributed by atoms with E-state index in [1.807, 2.05) is 24.6 Å². The van der Waals surface area contributed by atoms with Gasteiger partial charge in [-0.25, -0.2) is 87.8 Å². The van der Waals surface area contributed by atoms with Gasteiger partial charge < -0.3 is 4.90 Å². The summed E-state index contributed by atoms with van der Waals surface area (Å²) in [6.45, 7) is 1.71. The zero-order valence-corrected chi connectivity index (χ0v) is 36.4. The van der Waals surface area contributed by atoms with Gasteiger partial charge in [-0.15, -0.1) is 26.1 Å². The van der Waals surface area contributed by atoms with Gasteiger partial charge in [-0.2, -0.15) is 0 Å². The third kappa shape index (κ3) is 9.69. The van der Waals surface area contributed by atoms with E-state index in [0.29, 0.717) is 5.75 Å². The highest BCUT2D eigenvalue weighted by Crippen LogP contribution is 2.31. The lowest BCUT2D eigenvalue weighted by molar-refractivity contribution is 0.378. The third-order valence-corrected chi connectivity index (χ3v) is 12.0. The summed E-state index contributed by atoms with van der Waals surface area (Å²) in [5, 5.41) is 0. The average Bonchev–Trinajstić information content (AvgIpc) is 3.34. The van der Waals surface area contributed by atoms with E-state index < -0.39 is 154 Å². The zero-order chi connectivity index (χ0) is 52.8. The van der Waals surface area contributed by atoms with Crippen LogP contribution in [0.1, 0.15) is 16.7 Å². The monoisotopic (exact) mass is 1040 g/mol. The van der Waals surface area contributed by atoms with Crippen LogP contribution in [0, 0.1) is 116 Å². The minimum Gasteiger partial charge on any atom is -0.363 e. The maximum absolute atomic E-state index is 15.4. The van der Waals surface area contributed by atoms with Gasteiger partial charge in [-0.1, -0.05) is 72.8 Å². The minimum atomic E-state index is -7.22. The van der Waals surface area contributed by atoms with Crippen molar-refractivity contribution in [2.45, 2.75) is 18.8 Å². The van der Waals surface area contributed by atoms with Gasteiger partial charge in [0.2, 0.25) is 0 Å². The number of rotatable bonds is 11. The van der Waals surface area contributed by atoms with Crippen LogP contribution in [0.25, 0.3) is 0 Å². The van der Waals surface area contributed by atoms with Crippen molar-refractivity contribution in [3.8, 4) is 0 Å². The molecule has 0 bridgehead atoms. The summed E-state index contributed by atoms with van der Waals surface area (Å²) in [5.41, 5.74) is -9.44. The van der Waals surface area contributed by atoms with Crippen LogP contribution >= 0.6 is 0 Å². The molecule has 2 nitrogen and oxygen atoms in total. The molecule has 0 aliphatic rings. The summed E-state index contributed by atoms with van der Waals surface area (Å²) in [4.78, 5) is 2.38. The van der Waals surface area contributed by atoms with Crippen molar-refractivity contribution in [3.63, 3.8) is 0 Å². The van der Waals surface area contributed by atoms with Gasteiger partial charge >= 0.3 is 0 Å². The Morgan fingerprint density at radius 3 is 0.775 bits per heavy atom. The second-order valence-electron chi connectivity index (χ2n) is 15.9. The molecule has 24 heteroatoms. The van der Waals surface area contributed by atoms with Crippen LogP contribution in [0.5, 0.6) is 0 Å². The van der Waals surface area contributed by atoms with Crippen LogP contribution in [0.2, 0.25) is 0 Å². The molecule has 0 radical (unpaired) electrons. The SMILES string of the molecule is C[S+](C)(=O)Cc1ccc(N(Cc2ccccc2)Cc2ccccc2)cc1.Fc1c(F)c(F)c([B-](c2c(F)c(F)c(F)c(F)c2F)(c2c(F)c(F)c(F)c(F)c2F)c2c(F)c(F)c(F)c(F)c2F)c(F)c1F. The van der Waals surface area contributed by atoms with E-state index in [1.165, 1.54) is 16.8 Å². The van der Waals surface area contributed by atoms with E-state index in [2.05, 4.69) is 77.7 Å². The third-order valence-electron chi connectivity index (χ3n) is 11.0. The lowest BCUT2D eigenvalue weighted by Crippen LogP contribution is -2.81. The molecular weight excluding hydrogens is 1020 g/mol. The van der Waals surface area contributed by atoms with Crippen molar-refractivity contribution >= 4 is 43.6 Å². The minimum absolute atomic E-state index is 0.630. The first kappa shape index (κ1) is 53.5. The average molecular weight is 1040 g/mol. The first-order valence-corrected chi connectivity index (χ1v) is 22.3. The number of hydrogen-bond donors (Lipinski definition) is 0. The van der Waals surface area contributed by atoms with Crippen LogP contribution in [-0.2, 0) is 33.0 Å². The quantitative estimate of drug-likeness (QED) is 0.0423. The highest BCUT2D eigenvalue weighted by atomic mass is 32.2. The molecule has 7 aromatic carbocycles. The smallest absolute Gasteiger partial charge is 0.200 e. The van der Waals surface area contributed by atoms with E-state index >= 15 is 35.1 Å². The summed E-state index contributed by atoms with van der Waals surface area (Å²) in [6.07, 6.45) is -3.58. The molecule has 0 aromatic heterocycles. The van der Waals surface area contributed by atoms with Gasteiger partial charge in [0.15, 0.2) is 69.8 Å². The van der Waals surface area contributed by atoms with Gasteiger partial charge in [0.1, 0.15) is 70.9 Å². The van der Waals surface area contributed by atoms with E-state index in [1.54, 1.807) is 0 Å². The Hall–Kier alpha value is -6.85. The van der Waals surface area contributed by atoms with Gasteiger partial charge in [0.05, 0.1) is 9.93 Å². The fraction of sp³-hybridized carbons (Fsp3) is 0.106. The van der Waals surface area contributed by atoms with Crippen LogP contribution in [-0.4, -0.2) is 18.7 Å². The summed E-state index contributed by atoms with van der Waals surface area (Å²) in [6, 6.07) is 29.6. The van der Waals surface area contributed by atoms with Crippen molar-refractivity contribution in [3.05, 3.63) is 218 Å². The molecular formula is C47H26BF20NOS. The predicted molar refractivity (Wildman–Crippen MR) is 222 cm³/mol. The molecule has 7 aromatic rings. The molecule has 0 N–H and O–H groups in total. The largest absolute Gasteiger partial charge is 0.363 e. The Labute approximate surface area is 389 Å². The molecule has 0 amide bonds.